The number of nitrogens with one attached hydrogen (secondary N) is 2. The first-order valence-corrected chi connectivity index (χ1v) is 7.78. The molecule has 0 spiro atoms. The van der Waals surface area contributed by atoms with Gasteiger partial charge < -0.3 is 15.0 Å². The maximum atomic E-state index is 12.5. The molecule has 0 aliphatic carbocycles. The van der Waals surface area contributed by atoms with E-state index in [1.54, 1.807) is 26.0 Å². The van der Waals surface area contributed by atoms with Gasteiger partial charge in [0.25, 0.3) is 11.5 Å². The zero-order chi connectivity index (χ0) is 17.7. The predicted octanol–water partition coefficient (Wildman–Crippen LogP) is 2.67. The number of carbonyl (C=O) groups is 2. The molecular formula is C18H20N2O4. The van der Waals surface area contributed by atoms with Crippen LogP contribution in [0.4, 0.5) is 5.69 Å². The van der Waals surface area contributed by atoms with Gasteiger partial charge in [0.1, 0.15) is 5.56 Å². The molecule has 1 aromatic heterocycles. The average Bonchev–Trinajstić information content (AvgIpc) is 2.55. The number of hydrogen-bond donors (Lipinski definition) is 2. The van der Waals surface area contributed by atoms with Gasteiger partial charge in [-0.15, -0.1) is 0 Å². The summed E-state index contributed by atoms with van der Waals surface area (Å²) in [7, 11) is 0. The monoisotopic (exact) mass is 328 g/mol. The number of hydrogen-bond acceptors (Lipinski definition) is 4. The number of amides is 1. The lowest BCUT2D eigenvalue weighted by molar-refractivity contribution is 0.0525. The van der Waals surface area contributed by atoms with Gasteiger partial charge in [-0.1, -0.05) is 25.1 Å². The van der Waals surface area contributed by atoms with Crippen LogP contribution in [0.15, 0.2) is 35.1 Å². The van der Waals surface area contributed by atoms with Gasteiger partial charge in [-0.2, -0.15) is 0 Å². The molecule has 0 unspecified atom stereocenters. The normalized spacial score (nSPS) is 10.3. The van der Waals surface area contributed by atoms with Crippen molar-refractivity contribution in [1.82, 2.24) is 4.98 Å². The van der Waals surface area contributed by atoms with Crippen molar-refractivity contribution in [1.29, 1.82) is 0 Å². The van der Waals surface area contributed by atoms with Crippen LogP contribution in [0, 0.1) is 6.92 Å². The first-order valence-electron chi connectivity index (χ1n) is 7.78. The summed E-state index contributed by atoms with van der Waals surface area (Å²) < 4.78 is 4.95. The van der Waals surface area contributed by atoms with E-state index in [2.05, 4.69) is 10.3 Å². The number of aromatic amines is 1. The minimum Gasteiger partial charge on any atom is -0.462 e. The van der Waals surface area contributed by atoms with Crippen LogP contribution in [0.2, 0.25) is 0 Å². The lowest BCUT2D eigenvalue weighted by atomic mass is 10.1. The van der Waals surface area contributed by atoms with Crippen LogP contribution < -0.4 is 10.9 Å². The molecule has 0 saturated carbocycles. The van der Waals surface area contributed by atoms with Crippen molar-refractivity contribution in [2.75, 3.05) is 11.9 Å². The largest absolute Gasteiger partial charge is 0.462 e. The Hall–Kier alpha value is -2.89. The molecule has 2 N–H and O–H groups in total. The molecule has 0 fully saturated rings. The Labute approximate surface area is 139 Å². The third-order valence-electron chi connectivity index (χ3n) is 3.62. The molecule has 0 aliphatic rings. The summed E-state index contributed by atoms with van der Waals surface area (Å²) in [5.41, 5.74) is 1.46. The Morgan fingerprint density at radius 2 is 1.88 bits per heavy atom. The lowest BCUT2D eigenvalue weighted by Gasteiger charge is -2.11. The average molecular weight is 328 g/mol. The second kappa shape index (κ2) is 7.59. The number of esters is 1. The number of para-hydroxylation sites is 1. The van der Waals surface area contributed by atoms with Gasteiger partial charge in [0, 0.05) is 11.4 Å². The number of ether oxygens (including phenoxy) is 1. The maximum Gasteiger partial charge on any atom is 0.339 e. The standard InChI is InChI=1S/C18H20N2O4/c1-4-12-8-6-7-9-15(12)20-17(22)14-10-13(18(23)24-5-2)11(3)19-16(14)21/h6-10H,4-5H2,1-3H3,(H,19,21)(H,20,22). The fraction of sp³-hybridized carbons (Fsp3) is 0.278. The topological polar surface area (TPSA) is 88.3 Å². The van der Waals surface area contributed by atoms with Crippen molar-refractivity contribution >= 4 is 17.6 Å². The van der Waals surface area contributed by atoms with Crippen LogP contribution in [-0.2, 0) is 11.2 Å². The van der Waals surface area contributed by atoms with E-state index in [4.69, 9.17) is 4.74 Å². The SMILES string of the molecule is CCOC(=O)c1cc(C(=O)Nc2ccccc2CC)c(=O)[nH]c1C. The summed E-state index contributed by atoms with van der Waals surface area (Å²) in [6.45, 7) is 5.46. The fourth-order valence-electron chi connectivity index (χ4n) is 2.35. The Morgan fingerprint density at radius 3 is 2.54 bits per heavy atom. The smallest absolute Gasteiger partial charge is 0.339 e. The molecule has 24 heavy (non-hydrogen) atoms. The van der Waals surface area contributed by atoms with Gasteiger partial charge in [0.2, 0.25) is 0 Å². The minimum atomic E-state index is -0.575. The number of aryl methyl sites for hydroxylation is 2. The van der Waals surface area contributed by atoms with E-state index in [0.717, 1.165) is 12.0 Å². The fourth-order valence-corrected chi connectivity index (χ4v) is 2.35. The van der Waals surface area contributed by atoms with E-state index >= 15 is 0 Å². The van der Waals surface area contributed by atoms with Crippen molar-refractivity contribution in [2.45, 2.75) is 27.2 Å². The van der Waals surface area contributed by atoms with Crippen LogP contribution in [0.1, 0.15) is 45.8 Å². The quantitative estimate of drug-likeness (QED) is 0.826. The first kappa shape index (κ1) is 17.5. The third kappa shape index (κ3) is 3.71. The molecule has 0 atom stereocenters. The van der Waals surface area contributed by atoms with Gasteiger partial charge >= 0.3 is 5.97 Å². The Morgan fingerprint density at radius 1 is 1.17 bits per heavy atom. The highest BCUT2D eigenvalue weighted by Crippen LogP contribution is 2.16. The maximum absolute atomic E-state index is 12.5. The molecule has 0 saturated heterocycles. The van der Waals surface area contributed by atoms with Gasteiger partial charge in [-0.05, 0) is 38.0 Å². The van der Waals surface area contributed by atoms with Crippen molar-refractivity contribution in [2.24, 2.45) is 0 Å². The van der Waals surface area contributed by atoms with Gasteiger partial charge in [-0.25, -0.2) is 4.79 Å². The minimum absolute atomic E-state index is 0.130. The first-order chi connectivity index (χ1) is 11.5. The number of pyridine rings is 1. The zero-order valence-corrected chi connectivity index (χ0v) is 13.9. The molecule has 0 aliphatic heterocycles. The van der Waals surface area contributed by atoms with E-state index in [0.29, 0.717) is 11.4 Å². The zero-order valence-electron chi connectivity index (χ0n) is 13.9. The molecular weight excluding hydrogens is 308 g/mol. The van der Waals surface area contributed by atoms with Crippen molar-refractivity contribution < 1.29 is 14.3 Å². The van der Waals surface area contributed by atoms with Crippen molar-refractivity contribution in [3.05, 3.63) is 63.1 Å². The highest BCUT2D eigenvalue weighted by Gasteiger charge is 2.18. The molecule has 0 radical (unpaired) electrons. The Kier molecular flexibility index (Phi) is 5.52. The number of rotatable bonds is 5. The molecule has 0 bridgehead atoms. The summed E-state index contributed by atoms with van der Waals surface area (Å²) in [6, 6.07) is 8.63. The van der Waals surface area contributed by atoms with Crippen LogP contribution in [0.5, 0.6) is 0 Å². The van der Waals surface area contributed by atoms with Gasteiger partial charge in [-0.3, -0.25) is 9.59 Å². The van der Waals surface area contributed by atoms with Gasteiger partial charge in [0.15, 0.2) is 0 Å². The van der Waals surface area contributed by atoms with Crippen LogP contribution in [0.3, 0.4) is 0 Å². The third-order valence-corrected chi connectivity index (χ3v) is 3.62. The van der Waals surface area contributed by atoms with E-state index in [1.807, 2.05) is 19.1 Å². The van der Waals surface area contributed by atoms with Gasteiger partial charge in [0.05, 0.1) is 12.2 Å². The highest BCUT2D eigenvalue weighted by atomic mass is 16.5. The summed E-state index contributed by atoms with van der Waals surface area (Å²) in [5.74, 6) is -1.14. The lowest BCUT2D eigenvalue weighted by Crippen LogP contribution is -2.26. The number of H-pyrrole nitrogens is 1. The van der Waals surface area contributed by atoms with Crippen molar-refractivity contribution in [3.63, 3.8) is 0 Å². The summed E-state index contributed by atoms with van der Waals surface area (Å²) in [4.78, 5) is 39.0. The van der Waals surface area contributed by atoms with E-state index < -0.39 is 17.4 Å². The van der Waals surface area contributed by atoms with Crippen molar-refractivity contribution in [3.8, 4) is 0 Å². The second-order valence-electron chi connectivity index (χ2n) is 5.24. The second-order valence-corrected chi connectivity index (χ2v) is 5.24. The molecule has 1 amide bonds. The number of anilines is 1. The molecule has 6 heteroatoms. The van der Waals surface area contributed by atoms with E-state index in [-0.39, 0.29) is 17.7 Å². The Balaban J connectivity index is 2.37. The van der Waals surface area contributed by atoms with Crippen LogP contribution >= 0.6 is 0 Å². The number of carbonyl (C=O) groups excluding carboxylic acids is 2. The molecule has 126 valence electrons. The van der Waals surface area contributed by atoms with Crippen LogP contribution in [-0.4, -0.2) is 23.5 Å². The predicted molar refractivity (Wildman–Crippen MR) is 91.5 cm³/mol. The molecule has 1 aromatic carbocycles. The number of benzene rings is 1. The summed E-state index contributed by atoms with van der Waals surface area (Å²) in [5, 5.41) is 2.73. The molecule has 2 rings (SSSR count). The van der Waals surface area contributed by atoms with Crippen LogP contribution in [0.25, 0.3) is 0 Å². The van der Waals surface area contributed by atoms with E-state index in [9.17, 15) is 14.4 Å². The molecule has 6 nitrogen and oxygen atoms in total. The van der Waals surface area contributed by atoms with E-state index in [1.165, 1.54) is 6.07 Å². The number of aromatic nitrogens is 1. The summed E-state index contributed by atoms with van der Waals surface area (Å²) >= 11 is 0. The Bertz CT molecular complexity index is 824. The summed E-state index contributed by atoms with van der Waals surface area (Å²) in [6.07, 6.45) is 0.745. The molecule has 1 heterocycles. The molecule has 2 aromatic rings. The highest BCUT2D eigenvalue weighted by molar-refractivity contribution is 6.05.